The Bertz CT molecular complexity index is 426. The standard InChI is InChI=1S/C13H19NO4S/c1-3-14(4-2)12(15)6-5-7-18-10-8-11(13(16)17)19-9-10/h8-9H,3-7H2,1-2H3,(H,16,17). The Labute approximate surface area is 116 Å². The average molecular weight is 285 g/mol. The number of thiophene rings is 1. The van der Waals surface area contributed by atoms with Crippen molar-refractivity contribution in [1.82, 2.24) is 4.90 Å². The lowest BCUT2D eigenvalue weighted by Gasteiger charge is -2.18. The zero-order valence-electron chi connectivity index (χ0n) is 11.2. The molecule has 1 aromatic heterocycles. The largest absolute Gasteiger partial charge is 0.493 e. The Morgan fingerprint density at radius 1 is 1.37 bits per heavy atom. The van der Waals surface area contributed by atoms with Gasteiger partial charge in [-0.05, 0) is 20.3 Å². The number of carbonyl (C=O) groups excluding carboxylic acids is 1. The molecule has 0 fully saturated rings. The molecule has 0 aliphatic carbocycles. The van der Waals surface area contributed by atoms with Gasteiger partial charge in [-0.15, -0.1) is 11.3 Å². The van der Waals surface area contributed by atoms with Gasteiger partial charge in [-0.3, -0.25) is 4.79 Å². The molecule has 19 heavy (non-hydrogen) atoms. The van der Waals surface area contributed by atoms with E-state index in [2.05, 4.69) is 0 Å². The van der Waals surface area contributed by atoms with E-state index >= 15 is 0 Å². The van der Waals surface area contributed by atoms with Gasteiger partial charge in [-0.1, -0.05) is 0 Å². The Kier molecular flexibility index (Phi) is 6.35. The molecule has 0 saturated carbocycles. The van der Waals surface area contributed by atoms with Crippen LogP contribution in [0.2, 0.25) is 0 Å². The van der Waals surface area contributed by atoms with Crippen molar-refractivity contribution in [3.05, 3.63) is 16.3 Å². The SMILES string of the molecule is CCN(CC)C(=O)CCCOc1csc(C(=O)O)c1. The van der Waals surface area contributed by atoms with Crippen LogP contribution in [0.15, 0.2) is 11.4 Å². The van der Waals surface area contributed by atoms with E-state index < -0.39 is 5.97 Å². The number of rotatable bonds is 8. The van der Waals surface area contributed by atoms with Gasteiger partial charge in [-0.25, -0.2) is 4.79 Å². The van der Waals surface area contributed by atoms with Crippen LogP contribution < -0.4 is 4.74 Å². The summed E-state index contributed by atoms with van der Waals surface area (Å²) in [4.78, 5) is 24.4. The molecule has 0 radical (unpaired) electrons. The van der Waals surface area contributed by atoms with E-state index in [9.17, 15) is 9.59 Å². The van der Waals surface area contributed by atoms with Gasteiger partial charge in [0, 0.05) is 31.0 Å². The van der Waals surface area contributed by atoms with Gasteiger partial charge < -0.3 is 14.7 Å². The molecule has 0 aromatic carbocycles. The zero-order chi connectivity index (χ0) is 14.3. The lowest BCUT2D eigenvalue weighted by Crippen LogP contribution is -2.30. The normalized spacial score (nSPS) is 10.2. The van der Waals surface area contributed by atoms with Crippen molar-refractivity contribution in [3.8, 4) is 5.75 Å². The monoisotopic (exact) mass is 285 g/mol. The molecule has 0 bridgehead atoms. The van der Waals surface area contributed by atoms with E-state index in [1.54, 1.807) is 10.3 Å². The van der Waals surface area contributed by atoms with Gasteiger partial charge in [-0.2, -0.15) is 0 Å². The van der Waals surface area contributed by atoms with Gasteiger partial charge >= 0.3 is 5.97 Å². The molecule has 106 valence electrons. The number of amides is 1. The minimum Gasteiger partial charge on any atom is -0.493 e. The minimum atomic E-state index is -0.948. The molecule has 0 unspecified atom stereocenters. The molecule has 0 saturated heterocycles. The molecule has 1 heterocycles. The molecule has 1 amide bonds. The van der Waals surface area contributed by atoms with Crippen molar-refractivity contribution in [1.29, 1.82) is 0 Å². The maximum absolute atomic E-state index is 11.7. The van der Waals surface area contributed by atoms with Gasteiger partial charge in [0.1, 0.15) is 10.6 Å². The predicted octanol–water partition coefficient (Wildman–Crippen LogP) is 2.47. The van der Waals surface area contributed by atoms with E-state index in [4.69, 9.17) is 9.84 Å². The van der Waals surface area contributed by atoms with Crippen molar-refractivity contribution in [2.45, 2.75) is 26.7 Å². The number of nitrogens with zero attached hydrogens (tertiary/aromatic N) is 1. The van der Waals surface area contributed by atoms with E-state index in [-0.39, 0.29) is 10.8 Å². The summed E-state index contributed by atoms with van der Waals surface area (Å²) < 4.78 is 5.41. The van der Waals surface area contributed by atoms with E-state index in [0.717, 1.165) is 24.4 Å². The molecule has 1 N–H and O–H groups in total. The Hall–Kier alpha value is -1.56. The first-order valence-corrected chi connectivity index (χ1v) is 7.18. The van der Waals surface area contributed by atoms with Crippen molar-refractivity contribution in [2.75, 3.05) is 19.7 Å². The van der Waals surface area contributed by atoms with Gasteiger partial charge in [0.05, 0.1) is 6.61 Å². The van der Waals surface area contributed by atoms with Crippen LogP contribution in [0.1, 0.15) is 36.4 Å². The third-order valence-corrected chi connectivity index (χ3v) is 3.60. The summed E-state index contributed by atoms with van der Waals surface area (Å²) in [7, 11) is 0. The second kappa shape index (κ2) is 7.78. The second-order valence-electron chi connectivity index (χ2n) is 3.97. The van der Waals surface area contributed by atoms with E-state index in [1.807, 2.05) is 13.8 Å². The van der Waals surface area contributed by atoms with Crippen LogP contribution in [-0.2, 0) is 4.79 Å². The highest BCUT2D eigenvalue weighted by molar-refractivity contribution is 7.12. The van der Waals surface area contributed by atoms with Crippen LogP contribution in [0.25, 0.3) is 0 Å². The third-order valence-electron chi connectivity index (χ3n) is 2.71. The summed E-state index contributed by atoms with van der Waals surface area (Å²) in [5.41, 5.74) is 0. The van der Waals surface area contributed by atoms with E-state index in [1.165, 1.54) is 6.07 Å². The number of hydrogen-bond donors (Lipinski definition) is 1. The van der Waals surface area contributed by atoms with Crippen LogP contribution >= 0.6 is 11.3 Å². The predicted molar refractivity (Wildman–Crippen MR) is 73.9 cm³/mol. The third kappa shape index (κ3) is 4.90. The molecule has 5 nitrogen and oxygen atoms in total. The summed E-state index contributed by atoms with van der Waals surface area (Å²) in [6, 6.07) is 1.50. The zero-order valence-corrected chi connectivity index (χ0v) is 12.0. The van der Waals surface area contributed by atoms with Crippen molar-refractivity contribution in [2.24, 2.45) is 0 Å². The number of ether oxygens (including phenoxy) is 1. The second-order valence-corrected chi connectivity index (χ2v) is 4.88. The van der Waals surface area contributed by atoms with Gasteiger partial charge in [0.15, 0.2) is 0 Å². The van der Waals surface area contributed by atoms with Crippen LogP contribution in [0.5, 0.6) is 5.75 Å². The topological polar surface area (TPSA) is 66.8 Å². The molecular formula is C13H19NO4S. The fourth-order valence-corrected chi connectivity index (χ4v) is 2.32. The molecule has 0 spiro atoms. The summed E-state index contributed by atoms with van der Waals surface area (Å²) >= 11 is 1.13. The summed E-state index contributed by atoms with van der Waals surface area (Å²) in [5, 5.41) is 10.4. The molecule has 0 aliphatic heterocycles. The highest BCUT2D eigenvalue weighted by Gasteiger charge is 2.10. The molecule has 0 atom stereocenters. The first-order chi connectivity index (χ1) is 9.08. The van der Waals surface area contributed by atoms with Crippen molar-refractivity contribution < 1.29 is 19.4 Å². The number of aromatic carboxylic acids is 1. The van der Waals surface area contributed by atoms with Gasteiger partial charge in [0.2, 0.25) is 5.91 Å². The van der Waals surface area contributed by atoms with Crippen LogP contribution in [0.3, 0.4) is 0 Å². The van der Waals surface area contributed by atoms with Crippen LogP contribution in [0, 0.1) is 0 Å². The molecular weight excluding hydrogens is 266 g/mol. The number of carboxylic acids is 1. The van der Waals surface area contributed by atoms with Crippen LogP contribution in [-0.4, -0.2) is 41.6 Å². The highest BCUT2D eigenvalue weighted by Crippen LogP contribution is 2.21. The first-order valence-electron chi connectivity index (χ1n) is 6.30. The summed E-state index contributed by atoms with van der Waals surface area (Å²) in [5.74, 6) is -0.264. The molecule has 1 rings (SSSR count). The fourth-order valence-electron chi connectivity index (χ4n) is 1.65. The smallest absolute Gasteiger partial charge is 0.346 e. The molecule has 1 aromatic rings. The van der Waals surface area contributed by atoms with E-state index in [0.29, 0.717) is 25.2 Å². The Morgan fingerprint density at radius 3 is 2.58 bits per heavy atom. The maximum Gasteiger partial charge on any atom is 0.346 e. The molecule has 6 heteroatoms. The number of carboxylic acid groups (broad SMARTS) is 1. The summed E-state index contributed by atoms with van der Waals surface area (Å²) in [6.07, 6.45) is 1.09. The van der Waals surface area contributed by atoms with Gasteiger partial charge in [0.25, 0.3) is 0 Å². The Balaban J connectivity index is 2.27. The quantitative estimate of drug-likeness (QED) is 0.745. The average Bonchev–Trinajstić information content (AvgIpc) is 2.85. The number of hydrogen-bond acceptors (Lipinski definition) is 4. The number of carbonyl (C=O) groups is 2. The highest BCUT2D eigenvalue weighted by atomic mass is 32.1. The van der Waals surface area contributed by atoms with Crippen molar-refractivity contribution in [3.63, 3.8) is 0 Å². The lowest BCUT2D eigenvalue weighted by atomic mass is 10.3. The Morgan fingerprint density at radius 2 is 2.05 bits per heavy atom. The minimum absolute atomic E-state index is 0.130. The molecule has 0 aliphatic rings. The van der Waals surface area contributed by atoms with Crippen LogP contribution in [0.4, 0.5) is 0 Å². The van der Waals surface area contributed by atoms with Crippen molar-refractivity contribution >= 4 is 23.2 Å². The lowest BCUT2D eigenvalue weighted by molar-refractivity contribution is -0.131. The summed E-state index contributed by atoms with van der Waals surface area (Å²) in [6.45, 7) is 5.78. The fraction of sp³-hybridized carbons (Fsp3) is 0.538. The maximum atomic E-state index is 11.7. The first kappa shape index (κ1) is 15.5.